The van der Waals surface area contributed by atoms with Crippen molar-refractivity contribution in [2.45, 2.75) is 24.7 Å². The number of para-hydroxylation sites is 4. The maximum Gasteiger partial charge on any atom is 0.0755 e. The van der Waals surface area contributed by atoms with Gasteiger partial charge in [-0.1, -0.05) is 178 Å². The predicted octanol–water partition coefficient (Wildman–Crippen LogP) is 16.4. The summed E-state index contributed by atoms with van der Waals surface area (Å²) in [7, 11) is 0. The van der Waals surface area contributed by atoms with Crippen LogP contribution in [0.25, 0.3) is 44.2 Å². The molecule has 0 N–H and O–H groups in total. The molecule has 2 nitrogen and oxygen atoms in total. The Balaban J connectivity index is 1.01. The average Bonchev–Trinajstić information content (AvgIpc) is 3.77. The lowest BCUT2D eigenvalue weighted by atomic mass is 9.64. The van der Waals surface area contributed by atoms with Crippen molar-refractivity contribution in [3.8, 4) is 33.4 Å². The van der Waals surface area contributed by atoms with Crippen LogP contribution in [0.3, 0.4) is 0 Å². The van der Waals surface area contributed by atoms with Crippen molar-refractivity contribution in [2.75, 3.05) is 9.80 Å². The molecule has 0 fully saturated rings. The predicted molar refractivity (Wildman–Crippen MR) is 267 cm³/mol. The smallest absolute Gasteiger partial charge is 0.0755 e. The van der Waals surface area contributed by atoms with Gasteiger partial charge in [0.15, 0.2) is 0 Å². The van der Waals surface area contributed by atoms with Crippen molar-refractivity contribution in [3.05, 3.63) is 264 Å². The Hall–Kier alpha value is -7.94. The van der Waals surface area contributed by atoms with Crippen molar-refractivity contribution in [3.63, 3.8) is 0 Å². The molecule has 1 aliphatic heterocycles. The molecule has 13 rings (SSSR count). The minimum absolute atomic E-state index is 0.217. The Kier molecular flexibility index (Phi) is 7.90. The quantitative estimate of drug-likeness (QED) is 0.171. The summed E-state index contributed by atoms with van der Waals surface area (Å²) in [6.07, 6.45) is 0. The van der Waals surface area contributed by atoms with Crippen molar-refractivity contribution < 1.29 is 0 Å². The molecule has 0 aromatic heterocycles. The summed E-state index contributed by atoms with van der Waals surface area (Å²) >= 11 is 0. The zero-order valence-electron chi connectivity index (χ0n) is 35.8. The van der Waals surface area contributed by atoms with Gasteiger partial charge >= 0.3 is 0 Å². The fraction of sp³-hybridized carbons (Fsp3) is 0.0645. The molecule has 10 aromatic carbocycles. The van der Waals surface area contributed by atoms with Gasteiger partial charge in [-0.3, -0.25) is 0 Å². The highest BCUT2D eigenvalue weighted by molar-refractivity contribution is 6.01. The molecule has 302 valence electrons. The second-order valence-corrected chi connectivity index (χ2v) is 18.0. The van der Waals surface area contributed by atoms with Gasteiger partial charge in [-0.25, -0.2) is 0 Å². The van der Waals surface area contributed by atoms with E-state index in [1.54, 1.807) is 0 Å². The second kappa shape index (κ2) is 13.8. The first-order valence-electron chi connectivity index (χ1n) is 22.4. The Morgan fingerprint density at radius 1 is 0.359 bits per heavy atom. The number of hydrogen-bond acceptors (Lipinski definition) is 2. The van der Waals surface area contributed by atoms with Crippen LogP contribution in [0.4, 0.5) is 34.1 Å². The second-order valence-electron chi connectivity index (χ2n) is 18.0. The van der Waals surface area contributed by atoms with Crippen molar-refractivity contribution >= 4 is 44.9 Å². The third-order valence-electron chi connectivity index (χ3n) is 14.4. The lowest BCUT2D eigenvalue weighted by molar-refractivity contribution is 0.660. The van der Waals surface area contributed by atoms with Crippen molar-refractivity contribution in [2.24, 2.45) is 0 Å². The highest BCUT2D eigenvalue weighted by Crippen LogP contribution is 2.65. The van der Waals surface area contributed by atoms with Gasteiger partial charge in [-0.05, 0) is 139 Å². The van der Waals surface area contributed by atoms with Crippen LogP contribution in [0.15, 0.2) is 231 Å². The van der Waals surface area contributed by atoms with E-state index in [1.165, 1.54) is 94.6 Å². The molecule has 3 aliphatic rings. The summed E-state index contributed by atoms with van der Waals surface area (Å²) in [6.45, 7) is 4.80. The number of anilines is 6. The van der Waals surface area contributed by atoms with Gasteiger partial charge in [0.05, 0.1) is 22.5 Å². The Morgan fingerprint density at radius 3 is 1.67 bits per heavy atom. The largest absolute Gasteiger partial charge is 0.310 e. The van der Waals surface area contributed by atoms with Crippen LogP contribution in [0.1, 0.15) is 47.2 Å². The summed E-state index contributed by atoms with van der Waals surface area (Å²) in [5.74, 6) is 0. The molecule has 10 aromatic rings. The number of benzene rings is 10. The normalized spacial score (nSPS) is 14.3. The summed E-state index contributed by atoms with van der Waals surface area (Å²) in [6, 6.07) is 85.8. The van der Waals surface area contributed by atoms with Crippen molar-refractivity contribution in [1.29, 1.82) is 0 Å². The van der Waals surface area contributed by atoms with E-state index in [-0.39, 0.29) is 5.41 Å². The number of hydrogen-bond donors (Lipinski definition) is 0. The number of nitrogens with zero attached hydrogens (tertiary/aromatic N) is 2. The highest BCUT2D eigenvalue weighted by Gasteiger charge is 2.52. The molecule has 1 spiro atoms. The summed E-state index contributed by atoms with van der Waals surface area (Å²) < 4.78 is 0. The molecule has 0 amide bonds. The first kappa shape index (κ1) is 36.7. The Labute approximate surface area is 375 Å². The highest BCUT2D eigenvalue weighted by atomic mass is 15.2. The monoisotopic (exact) mass is 816 g/mol. The van der Waals surface area contributed by atoms with Crippen LogP contribution >= 0.6 is 0 Å². The Morgan fingerprint density at radius 2 is 0.922 bits per heavy atom. The lowest BCUT2D eigenvalue weighted by Gasteiger charge is -2.45. The fourth-order valence-electron chi connectivity index (χ4n) is 11.6. The van der Waals surface area contributed by atoms with Crippen LogP contribution in [0, 0.1) is 0 Å². The van der Waals surface area contributed by atoms with E-state index in [4.69, 9.17) is 0 Å². The van der Waals surface area contributed by atoms with E-state index in [0.717, 1.165) is 17.1 Å². The molecule has 0 bridgehead atoms. The first-order valence-corrected chi connectivity index (χ1v) is 22.4. The SMILES string of the molecule is CC1(C)c2cc(-c3ccc4ccccc4c3)ccc2-c2ccc(N(c3ccccc3)c3cccc4c3-c3ccccc3C43c4ccccc4N(c4ccccc4)c4ccccc43)cc21. The van der Waals surface area contributed by atoms with Gasteiger partial charge in [0.2, 0.25) is 0 Å². The van der Waals surface area contributed by atoms with E-state index < -0.39 is 5.41 Å². The summed E-state index contributed by atoms with van der Waals surface area (Å²) in [5.41, 5.74) is 21.8. The summed E-state index contributed by atoms with van der Waals surface area (Å²) in [4.78, 5) is 4.96. The molecule has 2 aliphatic carbocycles. The maximum absolute atomic E-state index is 2.51. The number of rotatable bonds is 5. The lowest BCUT2D eigenvalue weighted by Crippen LogP contribution is -2.36. The molecule has 2 heteroatoms. The van der Waals surface area contributed by atoms with E-state index in [9.17, 15) is 0 Å². The van der Waals surface area contributed by atoms with Gasteiger partial charge in [0.25, 0.3) is 0 Å². The molecule has 0 radical (unpaired) electrons. The van der Waals surface area contributed by atoms with Gasteiger partial charge in [0.1, 0.15) is 0 Å². The molecular weight excluding hydrogens is 773 g/mol. The van der Waals surface area contributed by atoms with E-state index in [0.29, 0.717) is 0 Å². The van der Waals surface area contributed by atoms with Crippen molar-refractivity contribution in [1.82, 2.24) is 0 Å². The van der Waals surface area contributed by atoms with Crippen LogP contribution in [0.5, 0.6) is 0 Å². The van der Waals surface area contributed by atoms with Crippen LogP contribution in [-0.2, 0) is 10.8 Å². The van der Waals surface area contributed by atoms with Crippen LogP contribution in [-0.4, -0.2) is 0 Å². The minimum Gasteiger partial charge on any atom is -0.310 e. The topological polar surface area (TPSA) is 6.48 Å². The van der Waals surface area contributed by atoms with Gasteiger partial charge in [0, 0.05) is 28.0 Å². The van der Waals surface area contributed by atoms with E-state index in [2.05, 4.69) is 254 Å². The van der Waals surface area contributed by atoms with E-state index >= 15 is 0 Å². The number of fused-ring (bicyclic) bond motifs is 13. The third-order valence-corrected chi connectivity index (χ3v) is 14.4. The van der Waals surface area contributed by atoms with Gasteiger partial charge in [-0.2, -0.15) is 0 Å². The zero-order chi connectivity index (χ0) is 42.6. The Bertz CT molecular complexity index is 3440. The molecule has 0 unspecified atom stereocenters. The molecule has 0 atom stereocenters. The first-order chi connectivity index (χ1) is 31.5. The molecule has 0 saturated carbocycles. The maximum atomic E-state index is 2.51. The standard InChI is InChI=1S/C62H44N2/c1-61(2)55-39-44(43-33-32-41-18-9-10-19-42(41)38-43)34-36-48(55)49-37-35-47(40-56(49)61)63(45-20-5-3-6-21-45)59-31-17-28-54-60(59)50-24-11-12-25-51(50)62(54)52-26-13-15-29-57(52)64(46-22-7-4-8-23-46)58-30-16-14-27-53(58)62/h3-40H,1-2H3. The third kappa shape index (κ3) is 5.08. The van der Waals surface area contributed by atoms with Crippen LogP contribution < -0.4 is 9.80 Å². The molecule has 64 heavy (non-hydrogen) atoms. The van der Waals surface area contributed by atoms with Gasteiger partial charge in [-0.15, -0.1) is 0 Å². The average molecular weight is 817 g/mol. The molecule has 1 heterocycles. The van der Waals surface area contributed by atoms with Gasteiger partial charge < -0.3 is 9.80 Å². The molecule has 0 saturated heterocycles. The minimum atomic E-state index is -0.549. The summed E-state index contributed by atoms with van der Waals surface area (Å²) in [5, 5.41) is 2.53. The van der Waals surface area contributed by atoms with Crippen LogP contribution in [0.2, 0.25) is 0 Å². The molecular formula is C62H44N2. The zero-order valence-corrected chi connectivity index (χ0v) is 35.8. The van der Waals surface area contributed by atoms with E-state index in [1.807, 2.05) is 0 Å². The fourth-order valence-corrected chi connectivity index (χ4v) is 11.6.